The molecule has 0 aromatic rings. The van der Waals surface area contributed by atoms with Gasteiger partial charge in [-0.05, 0) is 19.8 Å². The van der Waals surface area contributed by atoms with Gasteiger partial charge >= 0.3 is 5.97 Å². The molecule has 0 aromatic heterocycles. The Bertz CT molecular complexity index is 169. The third-order valence-corrected chi connectivity index (χ3v) is 2.03. The number of hydrogen-bond acceptors (Lipinski definition) is 2. The van der Waals surface area contributed by atoms with Gasteiger partial charge in [-0.3, -0.25) is 0 Å². The molecule has 0 spiro atoms. The maximum absolute atomic E-state index is 10.6. The Morgan fingerprint density at radius 2 is 2.36 bits per heavy atom. The minimum Gasteiger partial charge on any atom is -0.480 e. The highest BCUT2D eigenvalue weighted by Gasteiger charge is 2.29. The molecule has 11 heavy (non-hydrogen) atoms. The highest BCUT2D eigenvalue weighted by molar-refractivity contribution is 5.74. The number of aliphatic carboxylic acids is 1. The number of carboxylic acids is 1. The summed E-state index contributed by atoms with van der Waals surface area (Å²) < 4.78 is 0. The number of hydrogen-bond donors (Lipinski definition) is 1. The molecule has 1 aliphatic heterocycles. The molecule has 1 rings (SSSR count). The first-order valence-electron chi connectivity index (χ1n) is 3.78. The molecule has 1 fully saturated rings. The second-order valence-corrected chi connectivity index (χ2v) is 2.92. The SMILES string of the molecule is C=C(C)N1CCC[C@H]1C(=O)O. The van der Waals surface area contributed by atoms with Crippen molar-refractivity contribution in [2.45, 2.75) is 25.8 Å². The van der Waals surface area contributed by atoms with Gasteiger partial charge in [0.2, 0.25) is 0 Å². The molecule has 0 radical (unpaired) electrons. The van der Waals surface area contributed by atoms with Gasteiger partial charge in [-0.2, -0.15) is 0 Å². The molecular weight excluding hydrogens is 142 g/mol. The second kappa shape index (κ2) is 2.95. The van der Waals surface area contributed by atoms with Crippen molar-refractivity contribution in [2.75, 3.05) is 6.54 Å². The van der Waals surface area contributed by atoms with Crippen LogP contribution >= 0.6 is 0 Å². The number of likely N-dealkylation sites (tertiary alicyclic amines) is 1. The molecule has 1 N–H and O–H groups in total. The van der Waals surface area contributed by atoms with Gasteiger partial charge in [0.1, 0.15) is 6.04 Å². The quantitative estimate of drug-likeness (QED) is 0.648. The van der Waals surface area contributed by atoms with Crippen LogP contribution in [-0.4, -0.2) is 28.6 Å². The van der Waals surface area contributed by atoms with Crippen LogP contribution in [0.25, 0.3) is 0 Å². The van der Waals surface area contributed by atoms with Crippen LogP contribution in [0.1, 0.15) is 19.8 Å². The van der Waals surface area contributed by atoms with Crippen LogP contribution in [0, 0.1) is 0 Å². The monoisotopic (exact) mass is 155 g/mol. The molecule has 0 bridgehead atoms. The van der Waals surface area contributed by atoms with Gasteiger partial charge in [0, 0.05) is 12.2 Å². The molecule has 1 saturated heterocycles. The van der Waals surface area contributed by atoms with Gasteiger partial charge in [-0.25, -0.2) is 4.79 Å². The molecule has 0 unspecified atom stereocenters. The Morgan fingerprint density at radius 3 is 2.73 bits per heavy atom. The molecule has 1 atom stereocenters. The van der Waals surface area contributed by atoms with Crippen molar-refractivity contribution in [1.82, 2.24) is 4.90 Å². The predicted octanol–water partition coefficient (Wildman–Crippen LogP) is 1.07. The maximum atomic E-state index is 10.6. The van der Waals surface area contributed by atoms with Crippen molar-refractivity contribution in [3.8, 4) is 0 Å². The minimum absolute atomic E-state index is 0.326. The lowest BCUT2D eigenvalue weighted by Crippen LogP contribution is -2.34. The smallest absolute Gasteiger partial charge is 0.326 e. The van der Waals surface area contributed by atoms with Crippen molar-refractivity contribution in [3.05, 3.63) is 12.3 Å². The summed E-state index contributed by atoms with van der Waals surface area (Å²) in [6, 6.07) is -0.326. The van der Waals surface area contributed by atoms with E-state index in [2.05, 4.69) is 6.58 Å². The Hall–Kier alpha value is -0.990. The Labute approximate surface area is 66.3 Å². The van der Waals surface area contributed by atoms with Crippen molar-refractivity contribution in [1.29, 1.82) is 0 Å². The number of carboxylic acid groups (broad SMARTS) is 1. The first-order valence-corrected chi connectivity index (χ1v) is 3.78. The van der Waals surface area contributed by atoms with Crippen LogP contribution in [0.5, 0.6) is 0 Å². The summed E-state index contributed by atoms with van der Waals surface area (Å²) in [6.07, 6.45) is 1.71. The standard InChI is InChI=1S/C8H13NO2/c1-6(2)9-5-3-4-7(9)8(10)11/h7H,1,3-5H2,2H3,(H,10,11)/t7-/m0/s1. The van der Waals surface area contributed by atoms with Crippen molar-refractivity contribution < 1.29 is 9.90 Å². The van der Waals surface area contributed by atoms with E-state index in [0.717, 1.165) is 25.1 Å². The van der Waals surface area contributed by atoms with Crippen molar-refractivity contribution in [3.63, 3.8) is 0 Å². The summed E-state index contributed by atoms with van der Waals surface area (Å²) in [5, 5.41) is 8.75. The zero-order valence-electron chi connectivity index (χ0n) is 6.71. The fraction of sp³-hybridized carbons (Fsp3) is 0.625. The maximum Gasteiger partial charge on any atom is 0.326 e. The molecule has 3 heteroatoms. The summed E-state index contributed by atoms with van der Waals surface area (Å²) in [7, 11) is 0. The van der Waals surface area contributed by atoms with E-state index in [-0.39, 0.29) is 6.04 Å². The first kappa shape index (κ1) is 8.11. The summed E-state index contributed by atoms with van der Waals surface area (Å²) in [4.78, 5) is 12.5. The normalized spacial score (nSPS) is 23.7. The van der Waals surface area contributed by atoms with Crippen LogP contribution in [0.2, 0.25) is 0 Å². The topological polar surface area (TPSA) is 40.5 Å². The lowest BCUT2D eigenvalue weighted by Gasteiger charge is -2.22. The lowest BCUT2D eigenvalue weighted by atomic mass is 10.2. The van der Waals surface area contributed by atoms with E-state index < -0.39 is 5.97 Å². The summed E-state index contributed by atoms with van der Waals surface area (Å²) in [6.45, 7) is 6.42. The number of allylic oxidation sites excluding steroid dienone is 1. The first-order chi connectivity index (χ1) is 5.13. The van der Waals surface area contributed by atoms with Gasteiger partial charge in [0.15, 0.2) is 0 Å². The van der Waals surface area contributed by atoms with Crippen molar-refractivity contribution >= 4 is 5.97 Å². The number of rotatable bonds is 2. The van der Waals surface area contributed by atoms with Gasteiger partial charge in [0.05, 0.1) is 0 Å². The third-order valence-electron chi connectivity index (χ3n) is 2.03. The average molecular weight is 155 g/mol. The summed E-state index contributed by atoms with van der Waals surface area (Å²) in [5.74, 6) is -0.731. The van der Waals surface area contributed by atoms with Gasteiger partial charge < -0.3 is 10.0 Å². The van der Waals surface area contributed by atoms with E-state index in [4.69, 9.17) is 5.11 Å². The molecular formula is C8H13NO2. The van der Waals surface area contributed by atoms with Crippen LogP contribution in [0.3, 0.4) is 0 Å². The fourth-order valence-electron chi connectivity index (χ4n) is 1.48. The van der Waals surface area contributed by atoms with E-state index in [1.54, 1.807) is 0 Å². The highest BCUT2D eigenvalue weighted by Crippen LogP contribution is 2.20. The zero-order chi connectivity index (χ0) is 8.43. The van der Waals surface area contributed by atoms with E-state index in [0.29, 0.717) is 0 Å². The molecule has 0 aromatic carbocycles. The molecule has 3 nitrogen and oxygen atoms in total. The van der Waals surface area contributed by atoms with Crippen LogP contribution in [0.15, 0.2) is 12.3 Å². The van der Waals surface area contributed by atoms with E-state index in [1.165, 1.54) is 0 Å². The zero-order valence-corrected chi connectivity index (χ0v) is 6.71. The van der Waals surface area contributed by atoms with Gasteiger partial charge in [0.25, 0.3) is 0 Å². The van der Waals surface area contributed by atoms with Crippen LogP contribution in [-0.2, 0) is 4.79 Å². The Morgan fingerprint density at radius 1 is 1.73 bits per heavy atom. The summed E-state index contributed by atoms with van der Waals surface area (Å²) in [5.41, 5.74) is 0.856. The van der Waals surface area contributed by atoms with E-state index in [9.17, 15) is 4.79 Å². The van der Waals surface area contributed by atoms with Gasteiger partial charge in [-0.15, -0.1) is 0 Å². The third kappa shape index (κ3) is 1.53. The van der Waals surface area contributed by atoms with E-state index >= 15 is 0 Å². The van der Waals surface area contributed by atoms with E-state index in [1.807, 2.05) is 11.8 Å². The Balaban J connectivity index is 2.65. The Kier molecular flexibility index (Phi) is 2.17. The molecule has 0 aliphatic carbocycles. The fourth-order valence-corrected chi connectivity index (χ4v) is 1.48. The highest BCUT2D eigenvalue weighted by atomic mass is 16.4. The lowest BCUT2D eigenvalue weighted by molar-refractivity contribution is -0.141. The minimum atomic E-state index is -0.731. The molecule has 0 saturated carbocycles. The van der Waals surface area contributed by atoms with Crippen molar-refractivity contribution in [2.24, 2.45) is 0 Å². The predicted molar refractivity (Wildman–Crippen MR) is 42.2 cm³/mol. The molecule has 1 heterocycles. The largest absolute Gasteiger partial charge is 0.480 e. The van der Waals surface area contributed by atoms with Crippen LogP contribution in [0.4, 0.5) is 0 Å². The van der Waals surface area contributed by atoms with Gasteiger partial charge in [-0.1, -0.05) is 6.58 Å². The average Bonchev–Trinajstić information content (AvgIpc) is 2.32. The number of carbonyl (C=O) groups is 1. The van der Waals surface area contributed by atoms with Crippen LogP contribution < -0.4 is 0 Å². The second-order valence-electron chi connectivity index (χ2n) is 2.92. The number of nitrogens with zero attached hydrogens (tertiary/aromatic N) is 1. The molecule has 62 valence electrons. The summed E-state index contributed by atoms with van der Waals surface area (Å²) >= 11 is 0. The molecule has 0 amide bonds. The molecule has 1 aliphatic rings.